The molecule has 1 heterocycles. The second-order valence-corrected chi connectivity index (χ2v) is 12.7. The SMILES string of the molecule is O=[N+]([O-])c1ccc2ccn(CCCCC[P+](c3ccccc3)(c3ccccc3)c3ccccc3)c2c1.[I-]. The van der Waals surface area contributed by atoms with Gasteiger partial charge in [0.2, 0.25) is 0 Å². The number of nitro groups is 1. The number of hydrogen-bond acceptors (Lipinski definition) is 2. The van der Waals surface area contributed by atoms with Crippen molar-refractivity contribution in [3.05, 3.63) is 132 Å². The van der Waals surface area contributed by atoms with Gasteiger partial charge in [0.25, 0.3) is 5.69 Å². The highest BCUT2D eigenvalue weighted by atomic mass is 127. The van der Waals surface area contributed by atoms with Crippen LogP contribution in [0.1, 0.15) is 19.3 Å². The molecule has 0 unspecified atom stereocenters. The zero-order chi connectivity index (χ0) is 24.8. The lowest BCUT2D eigenvalue weighted by molar-refractivity contribution is -0.384. The predicted molar refractivity (Wildman–Crippen MR) is 152 cm³/mol. The molecule has 0 fully saturated rings. The summed E-state index contributed by atoms with van der Waals surface area (Å²) in [5.41, 5.74) is 1.08. The van der Waals surface area contributed by atoms with Crippen LogP contribution in [0.2, 0.25) is 0 Å². The van der Waals surface area contributed by atoms with Crippen molar-refractivity contribution >= 4 is 39.8 Å². The molecule has 0 N–H and O–H groups in total. The fourth-order valence-electron chi connectivity index (χ4n) is 5.17. The molecule has 0 aliphatic heterocycles. The molecule has 5 aromatic rings. The summed E-state index contributed by atoms with van der Waals surface area (Å²) in [6.07, 6.45) is 6.41. The lowest BCUT2D eigenvalue weighted by atomic mass is 10.2. The Morgan fingerprint density at radius 1 is 0.676 bits per heavy atom. The Kier molecular flexibility index (Phi) is 9.12. The summed E-state index contributed by atoms with van der Waals surface area (Å²) in [7, 11) is -1.79. The number of fused-ring (bicyclic) bond motifs is 1. The van der Waals surface area contributed by atoms with Crippen molar-refractivity contribution in [2.45, 2.75) is 25.8 Å². The molecule has 0 bridgehead atoms. The van der Waals surface area contributed by atoms with Crippen LogP contribution in [0.4, 0.5) is 5.69 Å². The molecular formula is C31H30IN2O2P. The second-order valence-electron chi connectivity index (χ2n) is 9.11. The Labute approximate surface area is 235 Å². The van der Waals surface area contributed by atoms with E-state index >= 15 is 0 Å². The zero-order valence-corrected chi connectivity index (χ0v) is 23.7. The molecule has 37 heavy (non-hydrogen) atoms. The quantitative estimate of drug-likeness (QED) is 0.0787. The van der Waals surface area contributed by atoms with E-state index in [-0.39, 0.29) is 34.6 Å². The second kappa shape index (κ2) is 12.5. The van der Waals surface area contributed by atoms with Gasteiger partial charge in [0.1, 0.15) is 23.2 Å². The van der Waals surface area contributed by atoms with Gasteiger partial charge in [-0.1, -0.05) is 54.6 Å². The number of unbranched alkanes of at least 4 members (excludes halogenated alkanes) is 2. The Morgan fingerprint density at radius 3 is 1.73 bits per heavy atom. The molecule has 188 valence electrons. The molecule has 6 heteroatoms. The van der Waals surface area contributed by atoms with Gasteiger partial charge in [-0.2, -0.15) is 0 Å². The fraction of sp³-hybridized carbons (Fsp3) is 0.161. The standard InChI is InChI=1S/C31H30N2O2P.HI/c34-33(35)27-20-19-26-21-23-32(31(26)25-27)22-11-4-12-24-36(28-13-5-1-6-14-28,29-15-7-2-8-16-29)30-17-9-3-10-18-30;/h1-3,5-10,13-21,23,25H,4,11-12,22,24H2;1H/q+1;/p-1. The maximum Gasteiger partial charge on any atom is 0.271 e. The van der Waals surface area contributed by atoms with Gasteiger partial charge in [-0.3, -0.25) is 10.1 Å². The molecule has 4 nitrogen and oxygen atoms in total. The van der Waals surface area contributed by atoms with E-state index in [4.69, 9.17) is 0 Å². The minimum atomic E-state index is -1.79. The number of nitro benzene ring substituents is 1. The third kappa shape index (κ3) is 5.78. The van der Waals surface area contributed by atoms with E-state index in [0.717, 1.165) is 42.9 Å². The Bertz CT molecular complexity index is 1340. The van der Waals surface area contributed by atoms with Gasteiger partial charge in [0.05, 0.1) is 16.6 Å². The van der Waals surface area contributed by atoms with Crippen LogP contribution in [0.5, 0.6) is 0 Å². The molecule has 0 saturated carbocycles. The van der Waals surface area contributed by atoms with Gasteiger partial charge in [-0.15, -0.1) is 0 Å². The predicted octanol–water partition coefficient (Wildman–Crippen LogP) is 3.72. The number of benzene rings is 4. The summed E-state index contributed by atoms with van der Waals surface area (Å²) in [6.45, 7) is 0.859. The maximum atomic E-state index is 11.2. The van der Waals surface area contributed by atoms with Crippen LogP contribution in [0.25, 0.3) is 10.9 Å². The molecule has 0 radical (unpaired) electrons. The summed E-state index contributed by atoms with van der Waals surface area (Å²) in [6, 6.07) is 40.2. The lowest BCUT2D eigenvalue weighted by Gasteiger charge is -2.27. The first-order chi connectivity index (χ1) is 17.7. The molecule has 0 amide bonds. The average Bonchev–Trinajstić information content (AvgIpc) is 3.34. The number of hydrogen-bond donors (Lipinski definition) is 0. The van der Waals surface area contributed by atoms with Gasteiger partial charge in [0.15, 0.2) is 0 Å². The average molecular weight is 620 g/mol. The van der Waals surface area contributed by atoms with Crippen molar-refractivity contribution in [1.29, 1.82) is 0 Å². The van der Waals surface area contributed by atoms with Crippen molar-refractivity contribution in [3.8, 4) is 0 Å². The molecule has 0 atom stereocenters. The van der Waals surface area contributed by atoms with Gasteiger partial charge >= 0.3 is 0 Å². The van der Waals surface area contributed by atoms with E-state index in [1.54, 1.807) is 12.1 Å². The van der Waals surface area contributed by atoms with Crippen molar-refractivity contribution in [2.75, 3.05) is 6.16 Å². The summed E-state index contributed by atoms with van der Waals surface area (Å²) in [4.78, 5) is 10.9. The minimum Gasteiger partial charge on any atom is -1.00 e. The number of nitrogens with zero attached hydrogens (tertiary/aromatic N) is 2. The van der Waals surface area contributed by atoms with Gasteiger partial charge in [0, 0.05) is 30.3 Å². The molecule has 5 rings (SSSR count). The van der Waals surface area contributed by atoms with E-state index in [9.17, 15) is 10.1 Å². The normalized spacial score (nSPS) is 11.2. The lowest BCUT2D eigenvalue weighted by Crippen LogP contribution is -3.00. The Hall–Kier alpha value is -3.02. The minimum absolute atomic E-state index is 0. The first-order valence-electron chi connectivity index (χ1n) is 12.5. The molecule has 4 aromatic carbocycles. The van der Waals surface area contributed by atoms with Crippen LogP contribution in [0.3, 0.4) is 0 Å². The van der Waals surface area contributed by atoms with Crippen LogP contribution >= 0.6 is 7.26 Å². The first-order valence-corrected chi connectivity index (χ1v) is 14.4. The highest BCUT2D eigenvalue weighted by Crippen LogP contribution is 2.56. The molecule has 0 saturated heterocycles. The summed E-state index contributed by atoms with van der Waals surface area (Å²) < 4.78 is 2.15. The van der Waals surface area contributed by atoms with E-state index in [1.165, 1.54) is 15.9 Å². The summed E-state index contributed by atoms with van der Waals surface area (Å²) in [5, 5.41) is 16.5. The Balaban J connectivity index is 0.00000320. The Morgan fingerprint density at radius 2 is 1.22 bits per heavy atom. The van der Waals surface area contributed by atoms with Crippen molar-refractivity contribution in [1.82, 2.24) is 4.57 Å². The molecule has 0 aliphatic rings. The summed E-state index contributed by atoms with van der Waals surface area (Å²) in [5.74, 6) is 0. The number of aromatic nitrogens is 1. The van der Waals surface area contributed by atoms with Crippen LogP contribution in [0, 0.1) is 10.1 Å². The molecule has 1 aromatic heterocycles. The van der Waals surface area contributed by atoms with E-state index in [1.807, 2.05) is 18.3 Å². The number of halogens is 1. The number of aryl methyl sites for hydroxylation is 1. The van der Waals surface area contributed by atoms with Gasteiger partial charge < -0.3 is 28.5 Å². The monoisotopic (exact) mass is 620 g/mol. The zero-order valence-electron chi connectivity index (χ0n) is 20.6. The highest BCUT2D eigenvalue weighted by molar-refractivity contribution is 7.95. The maximum absolute atomic E-state index is 11.2. The van der Waals surface area contributed by atoms with Gasteiger partial charge in [-0.05, 0) is 67.8 Å². The van der Waals surface area contributed by atoms with Crippen molar-refractivity contribution in [3.63, 3.8) is 0 Å². The van der Waals surface area contributed by atoms with E-state index < -0.39 is 7.26 Å². The van der Waals surface area contributed by atoms with Crippen LogP contribution in [-0.4, -0.2) is 15.7 Å². The molecule has 0 aliphatic carbocycles. The van der Waals surface area contributed by atoms with Crippen molar-refractivity contribution in [2.24, 2.45) is 0 Å². The fourth-order valence-corrected chi connectivity index (χ4v) is 9.58. The largest absolute Gasteiger partial charge is 1.00 e. The van der Waals surface area contributed by atoms with E-state index in [2.05, 4.69) is 95.6 Å². The molecule has 0 spiro atoms. The van der Waals surface area contributed by atoms with Crippen LogP contribution < -0.4 is 39.9 Å². The number of non-ortho nitro benzene ring substituents is 1. The third-order valence-corrected chi connectivity index (χ3v) is 11.5. The third-order valence-electron chi connectivity index (χ3n) is 6.95. The molecular weight excluding hydrogens is 590 g/mol. The summed E-state index contributed by atoms with van der Waals surface area (Å²) >= 11 is 0. The van der Waals surface area contributed by atoms with Gasteiger partial charge in [-0.25, -0.2) is 0 Å². The highest BCUT2D eigenvalue weighted by Gasteiger charge is 2.44. The number of rotatable bonds is 10. The van der Waals surface area contributed by atoms with Crippen LogP contribution in [-0.2, 0) is 6.54 Å². The van der Waals surface area contributed by atoms with Crippen LogP contribution in [0.15, 0.2) is 121 Å². The van der Waals surface area contributed by atoms with Crippen molar-refractivity contribution < 1.29 is 28.9 Å². The van der Waals surface area contributed by atoms with E-state index in [0.29, 0.717) is 0 Å². The topological polar surface area (TPSA) is 48.1 Å². The first kappa shape index (κ1) is 27.0. The smallest absolute Gasteiger partial charge is 0.271 e.